The highest BCUT2D eigenvalue weighted by Gasteiger charge is 2.66. The Kier molecular flexibility index (Phi) is 5.78. The lowest BCUT2D eigenvalue weighted by molar-refractivity contribution is -0.203. The lowest BCUT2D eigenvalue weighted by Gasteiger charge is -2.71. The lowest BCUT2D eigenvalue weighted by atomic mass is 9.60. The topological polar surface area (TPSA) is 53.0 Å². The molecule has 2 atom stereocenters. The van der Waals surface area contributed by atoms with Gasteiger partial charge in [-0.1, -0.05) is 54.1 Å². The van der Waals surface area contributed by atoms with Crippen molar-refractivity contribution in [2.75, 3.05) is 32.9 Å². The number of amides is 1. The minimum absolute atomic E-state index is 0.0402. The van der Waals surface area contributed by atoms with E-state index in [-0.39, 0.29) is 35.9 Å². The Bertz CT molecular complexity index is 908. The van der Waals surface area contributed by atoms with E-state index in [1.807, 2.05) is 35.2 Å². The zero-order valence-corrected chi connectivity index (χ0v) is 18.4. The Hall–Kier alpha value is -1.92. The second-order valence-corrected chi connectivity index (χ2v) is 9.51. The van der Waals surface area contributed by atoms with E-state index in [9.17, 15) is 9.90 Å². The summed E-state index contributed by atoms with van der Waals surface area (Å²) in [5.74, 6) is 0.559. The van der Waals surface area contributed by atoms with Gasteiger partial charge in [-0.25, -0.2) is 0 Å². The molecule has 3 fully saturated rings. The Labute approximate surface area is 188 Å². The molecule has 1 amide bonds. The summed E-state index contributed by atoms with van der Waals surface area (Å²) in [7, 11) is 0. The van der Waals surface area contributed by atoms with Gasteiger partial charge in [-0.2, -0.15) is 0 Å². The second kappa shape index (κ2) is 8.55. The average Bonchev–Trinajstić information content (AvgIpc) is 2.78. The van der Waals surface area contributed by atoms with Crippen LogP contribution in [0.1, 0.15) is 29.9 Å². The first kappa shape index (κ1) is 21.0. The van der Waals surface area contributed by atoms with Crippen LogP contribution in [-0.2, 0) is 16.1 Å². The standard InChI is InChI=1S/C25H29ClN2O3/c26-21-8-6-18(7-9-21)14-28-22(15-29)23(19-4-2-1-3-5-19)25(28)16-27(17-25)24(30)20-10-12-31-13-11-20/h1-9,20,22-23,29H,10-17H2/t22-,23+/m0/s1. The van der Waals surface area contributed by atoms with Crippen molar-refractivity contribution in [1.29, 1.82) is 0 Å². The predicted octanol–water partition coefficient (Wildman–Crippen LogP) is 3.31. The zero-order chi connectivity index (χ0) is 21.4. The largest absolute Gasteiger partial charge is 0.395 e. The summed E-state index contributed by atoms with van der Waals surface area (Å²) in [6, 6.07) is 18.4. The van der Waals surface area contributed by atoms with Crippen molar-refractivity contribution in [2.24, 2.45) is 5.92 Å². The lowest BCUT2D eigenvalue weighted by Crippen LogP contribution is -2.84. The second-order valence-electron chi connectivity index (χ2n) is 9.08. The van der Waals surface area contributed by atoms with Crippen LogP contribution in [0.25, 0.3) is 0 Å². The van der Waals surface area contributed by atoms with Crippen molar-refractivity contribution in [1.82, 2.24) is 9.80 Å². The number of rotatable bonds is 5. The number of hydrogen-bond acceptors (Lipinski definition) is 4. The maximum atomic E-state index is 13.1. The summed E-state index contributed by atoms with van der Waals surface area (Å²) in [5.41, 5.74) is 2.28. The third kappa shape index (κ3) is 3.68. The number of carbonyl (C=O) groups is 1. The molecule has 0 unspecified atom stereocenters. The first-order valence-electron chi connectivity index (χ1n) is 11.2. The van der Waals surface area contributed by atoms with Gasteiger partial charge >= 0.3 is 0 Å². The van der Waals surface area contributed by atoms with Crippen molar-refractivity contribution in [3.63, 3.8) is 0 Å². The molecule has 0 aliphatic carbocycles. The molecule has 164 valence electrons. The van der Waals surface area contributed by atoms with Crippen LogP contribution < -0.4 is 0 Å². The molecule has 1 spiro atoms. The van der Waals surface area contributed by atoms with Crippen LogP contribution in [-0.4, -0.2) is 65.3 Å². The highest BCUT2D eigenvalue weighted by molar-refractivity contribution is 6.30. The van der Waals surface area contributed by atoms with E-state index >= 15 is 0 Å². The highest BCUT2D eigenvalue weighted by atomic mass is 35.5. The summed E-state index contributed by atoms with van der Waals surface area (Å²) in [4.78, 5) is 17.5. The Morgan fingerprint density at radius 3 is 2.39 bits per heavy atom. The third-order valence-electron chi connectivity index (χ3n) is 7.36. The van der Waals surface area contributed by atoms with E-state index in [1.54, 1.807) is 0 Å². The Morgan fingerprint density at radius 1 is 1.06 bits per heavy atom. The van der Waals surface area contributed by atoms with Crippen molar-refractivity contribution in [2.45, 2.75) is 36.9 Å². The fourth-order valence-electron chi connectivity index (χ4n) is 5.77. The van der Waals surface area contributed by atoms with Gasteiger partial charge in [0.1, 0.15) is 0 Å². The molecule has 3 aliphatic rings. The number of hydrogen-bond donors (Lipinski definition) is 1. The number of likely N-dealkylation sites (tertiary alicyclic amines) is 2. The molecule has 5 rings (SSSR count). The van der Waals surface area contributed by atoms with Crippen LogP contribution in [0, 0.1) is 5.92 Å². The van der Waals surface area contributed by atoms with Crippen LogP contribution in [0.2, 0.25) is 5.02 Å². The highest BCUT2D eigenvalue weighted by Crippen LogP contribution is 2.54. The van der Waals surface area contributed by atoms with Gasteiger partial charge < -0.3 is 14.7 Å². The Balaban J connectivity index is 1.39. The SMILES string of the molecule is O=C(C1CCOCC1)N1CC2(C1)[C@H](c1ccccc1)[C@H](CO)N2Cc1ccc(Cl)cc1. The maximum Gasteiger partial charge on any atom is 0.225 e. The number of halogens is 1. The van der Waals surface area contributed by atoms with Gasteiger partial charge in [-0.15, -0.1) is 0 Å². The maximum absolute atomic E-state index is 13.1. The van der Waals surface area contributed by atoms with Crippen LogP contribution >= 0.6 is 11.6 Å². The minimum Gasteiger partial charge on any atom is -0.395 e. The van der Waals surface area contributed by atoms with Gasteiger partial charge in [0.05, 0.1) is 12.1 Å². The van der Waals surface area contributed by atoms with E-state index < -0.39 is 0 Å². The van der Waals surface area contributed by atoms with E-state index in [0.717, 1.165) is 24.4 Å². The van der Waals surface area contributed by atoms with E-state index in [4.69, 9.17) is 16.3 Å². The van der Waals surface area contributed by atoms with Crippen LogP contribution in [0.5, 0.6) is 0 Å². The molecule has 3 aliphatic heterocycles. The number of benzene rings is 2. The molecule has 2 aromatic carbocycles. The molecule has 6 heteroatoms. The van der Waals surface area contributed by atoms with Gasteiger partial charge in [0.2, 0.25) is 5.91 Å². The fourth-order valence-corrected chi connectivity index (χ4v) is 5.90. The van der Waals surface area contributed by atoms with Gasteiger partial charge in [0.15, 0.2) is 0 Å². The number of aliphatic hydroxyl groups is 1. The molecule has 5 nitrogen and oxygen atoms in total. The first-order chi connectivity index (χ1) is 15.1. The van der Waals surface area contributed by atoms with Gasteiger partial charge in [0, 0.05) is 55.7 Å². The molecule has 3 saturated heterocycles. The number of carbonyl (C=O) groups excluding carboxylic acids is 1. The zero-order valence-electron chi connectivity index (χ0n) is 17.6. The summed E-state index contributed by atoms with van der Waals surface area (Å²) in [6.07, 6.45) is 1.64. The number of ether oxygens (including phenoxy) is 1. The summed E-state index contributed by atoms with van der Waals surface area (Å²) < 4.78 is 5.43. The summed E-state index contributed by atoms with van der Waals surface area (Å²) >= 11 is 6.07. The monoisotopic (exact) mass is 440 g/mol. The van der Waals surface area contributed by atoms with Gasteiger partial charge in [-0.3, -0.25) is 9.69 Å². The van der Waals surface area contributed by atoms with Crippen molar-refractivity contribution >= 4 is 17.5 Å². The van der Waals surface area contributed by atoms with Crippen LogP contribution in [0.4, 0.5) is 0 Å². The van der Waals surface area contributed by atoms with E-state index in [2.05, 4.69) is 29.2 Å². The quantitative estimate of drug-likeness (QED) is 0.775. The van der Waals surface area contributed by atoms with E-state index in [1.165, 1.54) is 11.1 Å². The number of nitrogens with zero attached hydrogens (tertiary/aromatic N) is 2. The predicted molar refractivity (Wildman–Crippen MR) is 120 cm³/mol. The average molecular weight is 441 g/mol. The van der Waals surface area contributed by atoms with Gasteiger partial charge in [0.25, 0.3) is 0 Å². The molecule has 0 bridgehead atoms. The van der Waals surface area contributed by atoms with Crippen molar-refractivity contribution in [3.8, 4) is 0 Å². The number of aliphatic hydroxyl groups excluding tert-OH is 1. The molecule has 31 heavy (non-hydrogen) atoms. The molecule has 3 heterocycles. The third-order valence-corrected chi connectivity index (χ3v) is 7.61. The molecule has 1 N–H and O–H groups in total. The van der Waals surface area contributed by atoms with Gasteiger partial charge in [-0.05, 0) is 36.1 Å². The van der Waals surface area contributed by atoms with Crippen LogP contribution in [0.15, 0.2) is 54.6 Å². The normalized spacial score (nSPS) is 25.8. The Morgan fingerprint density at radius 2 is 1.74 bits per heavy atom. The molecule has 0 radical (unpaired) electrons. The molecular formula is C25H29ClN2O3. The summed E-state index contributed by atoms with van der Waals surface area (Å²) in [5, 5.41) is 11.0. The van der Waals surface area contributed by atoms with E-state index in [0.29, 0.717) is 26.3 Å². The smallest absolute Gasteiger partial charge is 0.225 e. The van der Waals surface area contributed by atoms with Crippen molar-refractivity contribution in [3.05, 3.63) is 70.7 Å². The molecule has 0 saturated carbocycles. The van der Waals surface area contributed by atoms with Crippen LogP contribution in [0.3, 0.4) is 0 Å². The first-order valence-corrected chi connectivity index (χ1v) is 11.5. The molecular weight excluding hydrogens is 412 g/mol. The minimum atomic E-state index is -0.130. The van der Waals surface area contributed by atoms with Crippen molar-refractivity contribution < 1.29 is 14.6 Å². The molecule has 2 aromatic rings. The summed E-state index contributed by atoms with van der Waals surface area (Å²) in [6.45, 7) is 3.63. The fraction of sp³-hybridized carbons (Fsp3) is 0.480. The molecule has 0 aromatic heterocycles.